The second kappa shape index (κ2) is 6.16. The summed E-state index contributed by atoms with van der Waals surface area (Å²) in [5.74, 6) is 0.520. The van der Waals surface area contributed by atoms with E-state index < -0.39 is 5.92 Å². The van der Waals surface area contributed by atoms with E-state index >= 15 is 0 Å². The average Bonchev–Trinajstić information content (AvgIpc) is 3.17. The molecule has 1 fully saturated rings. The van der Waals surface area contributed by atoms with Crippen LogP contribution in [0.5, 0.6) is 5.75 Å². The average molecular weight is 354 g/mol. The molecule has 136 valence electrons. The summed E-state index contributed by atoms with van der Waals surface area (Å²) in [7, 11) is 3.61. The molecule has 3 heterocycles. The third-order valence-electron chi connectivity index (χ3n) is 5.58. The van der Waals surface area contributed by atoms with Gasteiger partial charge in [0, 0.05) is 51.6 Å². The standard InChI is InChI=1S/C19H22N4O3/c1-21-9-7-20-18(21)17-14(10-16(25)22(17)2)19(26)23-8-6-13-12(11-23)4-3-5-15(13)24/h3-5,7,9,14,17,24H,6,8,10-11H2,1-2H3/t14-,17-/m0/s1. The summed E-state index contributed by atoms with van der Waals surface area (Å²) < 4.78 is 1.86. The van der Waals surface area contributed by atoms with Crippen LogP contribution in [0.4, 0.5) is 0 Å². The van der Waals surface area contributed by atoms with Crippen LogP contribution in [0.2, 0.25) is 0 Å². The molecule has 0 unspecified atom stereocenters. The minimum absolute atomic E-state index is 0.0234. The van der Waals surface area contributed by atoms with Gasteiger partial charge in [-0.05, 0) is 18.1 Å². The molecule has 1 N–H and O–H groups in total. The first-order valence-electron chi connectivity index (χ1n) is 8.78. The van der Waals surface area contributed by atoms with Gasteiger partial charge < -0.3 is 19.5 Å². The molecule has 2 aliphatic rings. The van der Waals surface area contributed by atoms with E-state index in [2.05, 4.69) is 4.98 Å². The Morgan fingerprint density at radius 1 is 1.31 bits per heavy atom. The second-order valence-electron chi connectivity index (χ2n) is 7.08. The smallest absolute Gasteiger partial charge is 0.229 e. The summed E-state index contributed by atoms with van der Waals surface area (Å²) in [4.78, 5) is 33.4. The van der Waals surface area contributed by atoms with E-state index in [1.165, 1.54) is 0 Å². The zero-order chi connectivity index (χ0) is 18.4. The van der Waals surface area contributed by atoms with Gasteiger partial charge in [0.25, 0.3) is 0 Å². The topological polar surface area (TPSA) is 78.7 Å². The quantitative estimate of drug-likeness (QED) is 0.880. The number of amides is 2. The van der Waals surface area contributed by atoms with Crippen molar-refractivity contribution in [2.45, 2.75) is 25.4 Å². The van der Waals surface area contributed by atoms with Crippen molar-refractivity contribution in [2.75, 3.05) is 13.6 Å². The summed E-state index contributed by atoms with van der Waals surface area (Å²) in [5.41, 5.74) is 1.88. The number of aromatic nitrogens is 2. The van der Waals surface area contributed by atoms with Crippen LogP contribution >= 0.6 is 0 Å². The molecule has 0 saturated carbocycles. The van der Waals surface area contributed by atoms with Crippen LogP contribution in [-0.2, 0) is 29.6 Å². The van der Waals surface area contributed by atoms with Crippen molar-refractivity contribution in [3.8, 4) is 5.75 Å². The van der Waals surface area contributed by atoms with Gasteiger partial charge in [-0.15, -0.1) is 0 Å². The Morgan fingerprint density at radius 3 is 2.85 bits per heavy atom. The third kappa shape index (κ3) is 2.55. The SMILES string of the molecule is CN1C(=O)C[C@H](C(=O)N2CCc3c(O)cccc3C2)[C@H]1c1nccn1C. The van der Waals surface area contributed by atoms with Crippen LogP contribution in [0.25, 0.3) is 0 Å². The molecule has 7 heteroatoms. The van der Waals surface area contributed by atoms with Crippen molar-refractivity contribution in [1.29, 1.82) is 0 Å². The Kier molecular flexibility index (Phi) is 3.94. The number of hydrogen-bond acceptors (Lipinski definition) is 4. The number of fused-ring (bicyclic) bond motifs is 1. The molecule has 7 nitrogen and oxygen atoms in total. The molecule has 2 aliphatic heterocycles. The normalized spacial score (nSPS) is 22.6. The minimum atomic E-state index is -0.438. The van der Waals surface area contributed by atoms with Crippen molar-refractivity contribution in [3.63, 3.8) is 0 Å². The highest BCUT2D eigenvalue weighted by atomic mass is 16.3. The van der Waals surface area contributed by atoms with Crippen LogP contribution in [-0.4, -0.2) is 49.9 Å². The van der Waals surface area contributed by atoms with Crippen LogP contribution in [0.3, 0.4) is 0 Å². The van der Waals surface area contributed by atoms with Gasteiger partial charge >= 0.3 is 0 Å². The van der Waals surface area contributed by atoms with Gasteiger partial charge in [-0.2, -0.15) is 0 Å². The van der Waals surface area contributed by atoms with Crippen LogP contribution in [0.15, 0.2) is 30.6 Å². The maximum Gasteiger partial charge on any atom is 0.229 e. The summed E-state index contributed by atoms with van der Waals surface area (Å²) in [5, 5.41) is 9.99. The van der Waals surface area contributed by atoms with E-state index in [-0.39, 0.29) is 30.0 Å². The fourth-order valence-corrected chi connectivity index (χ4v) is 4.12. The first-order chi connectivity index (χ1) is 12.5. The number of hydrogen-bond donors (Lipinski definition) is 1. The largest absolute Gasteiger partial charge is 0.508 e. The van der Waals surface area contributed by atoms with Crippen molar-refractivity contribution in [1.82, 2.24) is 19.4 Å². The predicted octanol–water partition coefficient (Wildman–Crippen LogP) is 1.23. The summed E-state index contributed by atoms with van der Waals surface area (Å²) in [6.07, 6.45) is 4.34. The molecule has 1 aromatic heterocycles. The lowest BCUT2D eigenvalue weighted by atomic mass is 9.94. The molecule has 0 spiro atoms. The molecule has 4 rings (SSSR count). The molecule has 0 radical (unpaired) electrons. The third-order valence-corrected chi connectivity index (χ3v) is 5.58. The minimum Gasteiger partial charge on any atom is -0.508 e. The number of likely N-dealkylation sites (tertiary alicyclic amines) is 1. The molecule has 1 aromatic carbocycles. The van der Waals surface area contributed by atoms with Gasteiger partial charge in [0.05, 0.1) is 5.92 Å². The van der Waals surface area contributed by atoms with Crippen molar-refractivity contribution >= 4 is 11.8 Å². The molecule has 0 aliphatic carbocycles. The maximum atomic E-state index is 13.3. The molecule has 2 aromatic rings. The Bertz CT molecular complexity index is 875. The summed E-state index contributed by atoms with van der Waals surface area (Å²) in [6.45, 7) is 1.01. The van der Waals surface area contributed by atoms with Gasteiger partial charge in [0.1, 0.15) is 17.6 Å². The molecule has 0 bridgehead atoms. The van der Waals surface area contributed by atoms with Crippen molar-refractivity contribution in [3.05, 3.63) is 47.5 Å². The lowest BCUT2D eigenvalue weighted by Crippen LogP contribution is -2.41. The molecule has 26 heavy (non-hydrogen) atoms. The number of nitrogens with zero attached hydrogens (tertiary/aromatic N) is 4. The highest BCUT2D eigenvalue weighted by Crippen LogP contribution is 2.38. The Labute approximate surface area is 151 Å². The number of aromatic hydroxyl groups is 1. The van der Waals surface area contributed by atoms with Crippen LogP contribution in [0.1, 0.15) is 29.4 Å². The Morgan fingerprint density at radius 2 is 2.12 bits per heavy atom. The number of carbonyl (C=O) groups excluding carboxylic acids is 2. The van der Waals surface area contributed by atoms with E-state index in [1.807, 2.05) is 23.9 Å². The highest BCUT2D eigenvalue weighted by molar-refractivity contribution is 5.90. The molecule has 1 saturated heterocycles. The van der Waals surface area contributed by atoms with Gasteiger partial charge in [-0.3, -0.25) is 9.59 Å². The maximum absolute atomic E-state index is 13.3. The van der Waals surface area contributed by atoms with E-state index in [1.54, 1.807) is 35.2 Å². The van der Waals surface area contributed by atoms with E-state index in [0.717, 1.165) is 17.0 Å². The number of imidazole rings is 1. The zero-order valence-electron chi connectivity index (χ0n) is 14.9. The van der Waals surface area contributed by atoms with Crippen LogP contribution in [0, 0.1) is 5.92 Å². The number of phenolic OH excluding ortho intramolecular Hbond substituents is 1. The first kappa shape index (κ1) is 16.6. The number of benzene rings is 1. The van der Waals surface area contributed by atoms with Gasteiger partial charge in [0.2, 0.25) is 11.8 Å². The lowest BCUT2D eigenvalue weighted by molar-refractivity contribution is -0.137. The molecular formula is C19H22N4O3. The Hall–Kier alpha value is -2.83. The van der Waals surface area contributed by atoms with Gasteiger partial charge in [-0.1, -0.05) is 12.1 Å². The predicted molar refractivity (Wildman–Crippen MR) is 94.1 cm³/mol. The molecule has 2 atom stereocenters. The Balaban J connectivity index is 1.61. The number of carbonyl (C=O) groups is 2. The molecule has 2 amide bonds. The molecular weight excluding hydrogens is 332 g/mol. The van der Waals surface area contributed by atoms with Crippen molar-refractivity contribution in [2.24, 2.45) is 13.0 Å². The van der Waals surface area contributed by atoms with Crippen LogP contribution < -0.4 is 0 Å². The summed E-state index contributed by atoms with van der Waals surface area (Å²) >= 11 is 0. The number of aryl methyl sites for hydroxylation is 1. The van der Waals surface area contributed by atoms with Crippen molar-refractivity contribution < 1.29 is 14.7 Å². The highest BCUT2D eigenvalue weighted by Gasteiger charge is 2.46. The lowest BCUT2D eigenvalue weighted by Gasteiger charge is -2.33. The zero-order valence-corrected chi connectivity index (χ0v) is 14.9. The van der Waals surface area contributed by atoms with E-state index in [4.69, 9.17) is 0 Å². The second-order valence-corrected chi connectivity index (χ2v) is 7.08. The first-order valence-corrected chi connectivity index (χ1v) is 8.78. The van der Waals surface area contributed by atoms with Gasteiger partial charge in [-0.25, -0.2) is 4.98 Å². The fraction of sp³-hybridized carbons (Fsp3) is 0.421. The number of rotatable bonds is 2. The van der Waals surface area contributed by atoms with E-state index in [9.17, 15) is 14.7 Å². The fourth-order valence-electron chi connectivity index (χ4n) is 4.12. The van der Waals surface area contributed by atoms with Gasteiger partial charge in [0.15, 0.2) is 0 Å². The monoisotopic (exact) mass is 354 g/mol. The summed E-state index contributed by atoms with van der Waals surface area (Å²) in [6, 6.07) is 5.07. The van der Waals surface area contributed by atoms with E-state index in [0.29, 0.717) is 19.5 Å². The number of phenols is 1.